The van der Waals surface area contributed by atoms with Gasteiger partial charge in [0.05, 0.1) is 31.2 Å². The number of nitrogens with one attached hydrogen (secondary N) is 1. The molecule has 1 saturated heterocycles. The third-order valence-corrected chi connectivity index (χ3v) is 6.12. The van der Waals surface area contributed by atoms with E-state index in [2.05, 4.69) is 21.2 Å². The maximum absolute atomic E-state index is 12.7. The molecule has 0 aromatic heterocycles. The van der Waals surface area contributed by atoms with Gasteiger partial charge in [-0.25, -0.2) is 4.79 Å². The Hall–Kier alpha value is -4.20. The molecule has 35 heavy (non-hydrogen) atoms. The van der Waals surface area contributed by atoms with Gasteiger partial charge in [0, 0.05) is 37.4 Å². The first-order valence-corrected chi connectivity index (χ1v) is 11.5. The predicted octanol–water partition coefficient (Wildman–Crippen LogP) is 4.37. The van der Waals surface area contributed by atoms with Crippen LogP contribution in [-0.4, -0.2) is 57.4 Å². The van der Waals surface area contributed by atoms with Crippen molar-refractivity contribution in [2.24, 2.45) is 0 Å². The molecule has 1 heterocycles. The van der Waals surface area contributed by atoms with Gasteiger partial charge in [-0.05, 0) is 61.0 Å². The van der Waals surface area contributed by atoms with E-state index >= 15 is 0 Å². The summed E-state index contributed by atoms with van der Waals surface area (Å²) in [4.78, 5) is 29.2. The summed E-state index contributed by atoms with van der Waals surface area (Å²) in [5.74, 6) is -0.00241. The van der Waals surface area contributed by atoms with Gasteiger partial charge in [0.2, 0.25) is 0 Å². The molecule has 0 atom stereocenters. The first kappa shape index (κ1) is 23.9. The molecule has 0 bridgehead atoms. The molecule has 0 radical (unpaired) electrons. The summed E-state index contributed by atoms with van der Waals surface area (Å²) in [6.45, 7) is 3.17. The van der Waals surface area contributed by atoms with Gasteiger partial charge in [0.1, 0.15) is 11.5 Å². The van der Waals surface area contributed by atoms with E-state index in [1.54, 1.807) is 50.6 Å². The largest absolute Gasteiger partial charge is 0.497 e. The molecule has 0 aliphatic carbocycles. The molecule has 1 amide bonds. The van der Waals surface area contributed by atoms with E-state index in [-0.39, 0.29) is 17.2 Å². The topological polar surface area (TPSA) is 91.3 Å². The first-order valence-electron chi connectivity index (χ1n) is 11.5. The molecule has 8 heteroatoms. The number of ether oxygens (including phenoxy) is 2. The highest BCUT2D eigenvalue weighted by Crippen LogP contribution is 2.30. The number of carbonyl (C=O) groups is 2. The van der Waals surface area contributed by atoms with E-state index in [0.717, 1.165) is 49.7 Å². The van der Waals surface area contributed by atoms with Gasteiger partial charge in [-0.15, -0.1) is 0 Å². The number of carbonyl (C=O) groups excluding carboxylic acids is 1. The Balaban J connectivity index is 1.50. The van der Waals surface area contributed by atoms with E-state index in [0.29, 0.717) is 11.3 Å². The summed E-state index contributed by atoms with van der Waals surface area (Å²) in [7, 11) is 3.22. The molecular formula is C27H29N3O5. The van der Waals surface area contributed by atoms with Gasteiger partial charge in [0.15, 0.2) is 0 Å². The smallest absolute Gasteiger partial charge is 0.337 e. The summed E-state index contributed by atoms with van der Waals surface area (Å²) < 4.78 is 10.6. The monoisotopic (exact) mass is 475 g/mol. The Kier molecular flexibility index (Phi) is 7.40. The molecule has 4 rings (SSSR count). The van der Waals surface area contributed by atoms with Crippen LogP contribution in [0.15, 0.2) is 66.7 Å². The van der Waals surface area contributed by atoms with Crippen LogP contribution in [0.25, 0.3) is 0 Å². The van der Waals surface area contributed by atoms with Gasteiger partial charge in [-0.2, -0.15) is 0 Å². The molecule has 2 N–H and O–H groups in total. The van der Waals surface area contributed by atoms with Gasteiger partial charge in [0.25, 0.3) is 5.91 Å². The fourth-order valence-electron chi connectivity index (χ4n) is 4.26. The lowest BCUT2D eigenvalue weighted by Crippen LogP contribution is -2.31. The number of para-hydroxylation sites is 2. The minimum atomic E-state index is -1.10. The molecule has 1 aliphatic rings. The average molecular weight is 476 g/mol. The van der Waals surface area contributed by atoms with Crippen LogP contribution in [0.1, 0.15) is 27.1 Å². The van der Waals surface area contributed by atoms with Crippen molar-refractivity contribution in [3.8, 4) is 11.5 Å². The number of methoxy groups -OCH3 is 2. The van der Waals surface area contributed by atoms with E-state index in [4.69, 9.17) is 9.47 Å². The van der Waals surface area contributed by atoms with Crippen molar-refractivity contribution in [2.75, 3.05) is 55.5 Å². The van der Waals surface area contributed by atoms with Crippen molar-refractivity contribution in [3.63, 3.8) is 0 Å². The number of anilines is 3. The van der Waals surface area contributed by atoms with Crippen LogP contribution in [0.4, 0.5) is 17.1 Å². The van der Waals surface area contributed by atoms with Crippen molar-refractivity contribution in [1.82, 2.24) is 0 Å². The normalized spacial score (nSPS) is 13.7. The second-order valence-electron chi connectivity index (χ2n) is 8.22. The summed E-state index contributed by atoms with van der Waals surface area (Å²) in [6, 6.07) is 19.7. The van der Waals surface area contributed by atoms with Gasteiger partial charge >= 0.3 is 5.97 Å². The van der Waals surface area contributed by atoms with E-state index in [1.165, 1.54) is 0 Å². The van der Waals surface area contributed by atoms with Crippen LogP contribution < -0.4 is 24.6 Å². The number of nitrogens with zero attached hydrogens (tertiary/aromatic N) is 2. The summed E-state index contributed by atoms with van der Waals surface area (Å²) >= 11 is 0. The maximum atomic E-state index is 12.7. The number of amides is 1. The SMILES string of the molecule is COc1ccc(C(=O)Nc2ccc(N3CCCN(c4ccccc4OC)CC3)cc2C(=O)O)cc1. The van der Waals surface area contributed by atoms with Gasteiger partial charge in [-0.1, -0.05) is 12.1 Å². The van der Waals surface area contributed by atoms with E-state index < -0.39 is 5.97 Å². The van der Waals surface area contributed by atoms with E-state index in [9.17, 15) is 14.7 Å². The Morgan fingerprint density at radius 3 is 2.29 bits per heavy atom. The number of hydrogen-bond donors (Lipinski definition) is 2. The number of carboxylic acid groups (broad SMARTS) is 1. The highest BCUT2D eigenvalue weighted by Gasteiger charge is 2.20. The molecule has 0 saturated carbocycles. The summed E-state index contributed by atoms with van der Waals surface area (Å²) in [5, 5.41) is 12.6. The molecule has 0 unspecified atom stereocenters. The molecule has 1 aliphatic heterocycles. The summed E-state index contributed by atoms with van der Waals surface area (Å²) in [5.41, 5.74) is 2.59. The molecular weight excluding hydrogens is 446 g/mol. The average Bonchev–Trinajstić information content (AvgIpc) is 3.15. The molecule has 3 aromatic rings. The number of aromatic carboxylic acids is 1. The lowest BCUT2D eigenvalue weighted by Gasteiger charge is -2.26. The lowest BCUT2D eigenvalue weighted by molar-refractivity contribution is 0.0698. The van der Waals surface area contributed by atoms with Crippen molar-refractivity contribution in [2.45, 2.75) is 6.42 Å². The van der Waals surface area contributed by atoms with Crippen LogP contribution in [0.5, 0.6) is 11.5 Å². The molecule has 182 valence electrons. The van der Waals surface area contributed by atoms with Crippen molar-refractivity contribution < 1.29 is 24.2 Å². The zero-order valence-electron chi connectivity index (χ0n) is 19.9. The highest BCUT2D eigenvalue weighted by atomic mass is 16.5. The number of carboxylic acids is 1. The van der Waals surface area contributed by atoms with Crippen LogP contribution in [0.2, 0.25) is 0 Å². The van der Waals surface area contributed by atoms with Crippen LogP contribution in [0.3, 0.4) is 0 Å². The minimum absolute atomic E-state index is 0.0511. The predicted molar refractivity (Wildman–Crippen MR) is 136 cm³/mol. The molecule has 1 fully saturated rings. The summed E-state index contributed by atoms with van der Waals surface area (Å²) in [6.07, 6.45) is 0.913. The zero-order valence-corrected chi connectivity index (χ0v) is 19.9. The van der Waals surface area contributed by atoms with Gasteiger partial charge in [-0.3, -0.25) is 4.79 Å². The minimum Gasteiger partial charge on any atom is -0.497 e. The standard InChI is InChI=1S/C27H29N3O5/c1-34-21-11-8-19(9-12-21)26(31)28-23-13-10-20(18-22(23)27(32)33)29-14-5-15-30(17-16-29)24-6-3-4-7-25(24)35-2/h3-4,6-13,18H,5,14-17H2,1-2H3,(H,28,31)(H,32,33). The number of rotatable bonds is 7. The first-order chi connectivity index (χ1) is 17.0. The van der Waals surface area contributed by atoms with Crippen LogP contribution >= 0.6 is 0 Å². The second kappa shape index (κ2) is 10.8. The number of benzene rings is 3. The molecule has 8 nitrogen and oxygen atoms in total. The zero-order chi connectivity index (χ0) is 24.8. The maximum Gasteiger partial charge on any atom is 0.337 e. The van der Waals surface area contributed by atoms with Gasteiger partial charge < -0.3 is 29.7 Å². The Labute approximate surface area is 204 Å². The molecule has 0 spiro atoms. The third-order valence-electron chi connectivity index (χ3n) is 6.12. The lowest BCUT2D eigenvalue weighted by atomic mass is 10.1. The fraction of sp³-hybridized carbons (Fsp3) is 0.259. The van der Waals surface area contributed by atoms with Crippen LogP contribution in [0, 0.1) is 0 Å². The van der Waals surface area contributed by atoms with Crippen molar-refractivity contribution in [3.05, 3.63) is 77.9 Å². The fourth-order valence-corrected chi connectivity index (χ4v) is 4.26. The Morgan fingerprint density at radius 2 is 1.57 bits per heavy atom. The Bertz CT molecular complexity index is 1200. The molecule has 3 aromatic carbocycles. The van der Waals surface area contributed by atoms with E-state index in [1.807, 2.05) is 24.3 Å². The third kappa shape index (κ3) is 5.48. The second-order valence-corrected chi connectivity index (χ2v) is 8.22. The quantitative estimate of drug-likeness (QED) is 0.524. The number of hydrogen-bond acceptors (Lipinski definition) is 6. The Morgan fingerprint density at radius 1 is 0.857 bits per heavy atom. The highest BCUT2D eigenvalue weighted by molar-refractivity contribution is 6.08. The van der Waals surface area contributed by atoms with Crippen molar-refractivity contribution >= 4 is 28.9 Å². The van der Waals surface area contributed by atoms with Crippen molar-refractivity contribution in [1.29, 1.82) is 0 Å². The van der Waals surface area contributed by atoms with Crippen LogP contribution in [-0.2, 0) is 0 Å².